The highest BCUT2D eigenvalue weighted by Crippen LogP contribution is 2.13. The molecule has 2 rings (SSSR count). The molecule has 1 amide bonds. The van der Waals surface area contributed by atoms with E-state index in [1.54, 1.807) is 12.1 Å². The average Bonchev–Trinajstić information content (AvgIpc) is 2.45. The Morgan fingerprint density at radius 3 is 2.62 bits per heavy atom. The number of sulfonamides is 1. The number of ether oxygens (including phenoxy) is 1. The predicted molar refractivity (Wildman–Crippen MR) is 78.1 cm³/mol. The van der Waals surface area contributed by atoms with Gasteiger partial charge in [-0.2, -0.15) is 0 Å². The third-order valence-electron chi connectivity index (χ3n) is 3.57. The van der Waals surface area contributed by atoms with Gasteiger partial charge in [0.25, 0.3) is 0 Å². The van der Waals surface area contributed by atoms with Gasteiger partial charge in [-0.1, -0.05) is 12.1 Å². The summed E-state index contributed by atoms with van der Waals surface area (Å²) in [6.45, 7) is 3.76. The third-order valence-corrected chi connectivity index (χ3v) is 4.50. The number of nitrogens with zero attached hydrogens (tertiary/aromatic N) is 1. The lowest BCUT2D eigenvalue weighted by atomic mass is 10.1. The highest BCUT2D eigenvalue weighted by Gasteiger charge is 2.23. The van der Waals surface area contributed by atoms with Crippen LogP contribution in [0.15, 0.2) is 29.2 Å². The highest BCUT2D eigenvalue weighted by atomic mass is 32.2. The van der Waals surface area contributed by atoms with Crippen LogP contribution in [0.25, 0.3) is 0 Å². The molecule has 0 radical (unpaired) electrons. The van der Waals surface area contributed by atoms with Crippen LogP contribution in [-0.4, -0.2) is 45.0 Å². The van der Waals surface area contributed by atoms with Gasteiger partial charge in [-0.05, 0) is 31.0 Å². The number of aryl methyl sites for hydroxylation is 1. The van der Waals surface area contributed by atoms with Gasteiger partial charge >= 0.3 is 0 Å². The monoisotopic (exact) mass is 312 g/mol. The quantitative estimate of drug-likeness (QED) is 0.877. The van der Waals surface area contributed by atoms with E-state index in [9.17, 15) is 13.2 Å². The molecule has 1 heterocycles. The van der Waals surface area contributed by atoms with Crippen molar-refractivity contribution in [3.8, 4) is 0 Å². The molecular weight excluding hydrogens is 292 g/mol. The average molecular weight is 312 g/mol. The minimum Gasteiger partial charge on any atom is -0.377 e. The van der Waals surface area contributed by atoms with Crippen LogP contribution < -0.4 is 5.14 Å². The molecule has 0 saturated carbocycles. The van der Waals surface area contributed by atoms with Gasteiger partial charge in [0.05, 0.1) is 24.2 Å². The van der Waals surface area contributed by atoms with Crippen molar-refractivity contribution in [2.24, 2.45) is 5.14 Å². The van der Waals surface area contributed by atoms with Gasteiger partial charge in [0, 0.05) is 13.0 Å². The summed E-state index contributed by atoms with van der Waals surface area (Å²) in [5.74, 6) is 0.0984. The Morgan fingerprint density at radius 1 is 1.38 bits per heavy atom. The topological polar surface area (TPSA) is 89.7 Å². The second kappa shape index (κ2) is 6.55. The van der Waals surface area contributed by atoms with Gasteiger partial charge in [-0.3, -0.25) is 4.79 Å². The summed E-state index contributed by atoms with van der Waals surface area (Å²) < 4.78 is 27.6. The van der Waals surface area contributed by atoms with Crippen LogP contribution in [0.4, 0.5) is 0 Å². The maximum Gasteiger partial charge on any atom is 0.238 e. The molecule has 6 nitrogen and oxygen atoms in total. The van der Waals surface area contributed by atoms with Crippen molar-refractivity contribution in [3.63, 3.8) is 0 Å². The minimum atomic E-state index is -3.66. The fourth-order valence-corrected chi connectivity index (χ4v) is 2.85. The van der Waals surface area contributed by atoms with Gasteiger partial charge in [0.1, 0.15) is 0 Å². The first-order valence-electron chi connectivity index (χ1n) is 6.87. The van der Waals surface area contributed by atoms with Crippen molar-refractivity contribution in [3.05, 3.63) is 29.8 Å². The lowest BCUT2D eigenvalue weighted by molar-refractivity contribution is -0.139. The zero-order chi connectivity index (χ0) is 15.5. The maximum atomic E-state index is 12.2. The molecule has 116 valence electrons. The van der Waals surface area contributed by atoms with Crippen LogP contribution in [-0.2, 0) is 26.0 Å². The Morgan fingerprint density at radius 2 is 2.05 bits per heavy atom. The molecule has 0 unspecified atom stereocenters. The molecule has 7 heteroatoms. The van der Waals surface area contributed by atoms with Crippen LogP contribution >= 0.6 is 0 Å². The first-order valence-corrected chi connectivity index (χ1v) is 8.41. The first kappa shape index (κ1) is 15.9. The van der Waals surface area contributed by atoms with Crippen molar-refractivity contribution in [1.29, 1.82) is 0 Å². The Labute approximate surface area is 124 Å². The Balaban J connectivity index is 1.92. The smallest absolute Gasteiger partial charge is 0.238 e. The van der Waals surface area contributed by atoms with Gasteiger partial charge in [-0.15, -0.1) is 0 Å². The van der Waals surface area contributed by atoms with Crippen molar-refractivity contribution in [1.82, 2.24) is 4.90 Å². The van der Waals surface area contributed by atoms with Gasteiger partial charge in [0.2, 0.25) is 15.9 Å². The van der Waals surface area contributed by atoms with E-state index >= 15 is 0 Å². The summed E-state index contributed by atoms with van der Waals surface area (Å²) in [7, 11) is -3.66. The van der Waals surface area contributed by atoms with Crippen LogP contribution in [0, 0.1) is 0 Å². The molecule has 0 bridgehead atoms. The molecular formula is C14H20N2O4S. The number of carbonyl (C=O) groups is 1. The van der Waals surface area contributed by atoms with Crippen molar-refractivity contribution in [2.45, 2.75) is 30.7 Å². The molecule has 0 aromatic heterocycles. The van der Waals surface area contributed by atoms with E-state index in [0.717, 1.165) is 5.56 Å². The predicted octanol–water partition coefficient (Wildman–Crippen LogP) is 0.514. The van der Waals surface area contributed by atoms with E-state index in [0.29, 0.717) is 32.6 Å². The number of carbonyl (C=O) groups excluding carboxylic acids is 1. The van der Waals surface area contributed by atoms with E-state index in [-0.39, 0.29) is 16.8 Å². The number of morpholine rings is 1. The number of benzene rings is 1. The molecule has 0 spiro atoms. The number of primary sulfonamides is 1. The summed E-state index contributed by atoms with van der Waals surface area (Å²) in [6, 6.07) is 6.42. The Kier molecular flexibility index (Phi) is 4.97. The summed E-state index contributed by atoms with van der Waals surface area (Å²) >= 11 is 0. The van der Waals surface area contributed by atoms with Crippen LogP contribution in [0.5, 0.6) is 0 Å². The van der Waals surface area contributed by atoms with Crippen LogP contribution in [0.2, 0.25) is 0 Å². The lowest BCUT2D eigenvalue weighted by Gasteiger charge is -2.33. The minimum absolute atomic E-state index is 0.0828. The zero-order valence-corrected chi connectivity index (χ0v) is 12.8. The van der Waals surface area contributed by atoms with Crippen molar-refractivity contribution in [2.75, 3.05) is 19.8 Å². The van der Waals surface area contributed by atoms with Crippen molar-refractivity contribution >= 4 is 15.9 Å². The summed E-state index contributed by atoms with van der Waals surface area (Å²) in [5.41, 5.74) is 0.914. The largest absolute Gasteiger partial charge is 0.377 e. The van der Waals surface area contributed by atoms with Gasteiger partial charge in [0.15, 0.2) is 0 Å². The van der Waals surface area contributed by atoms with Crippen molar-refractivity contribution < 1.29 is 17.9 Å². The molecule has 1 aromatic carbocycles. The molecule has 1 saturated heterocycles. The fraction of sp³-hybridized carbons (Fsp3) is 0.500. The molecule has 1 fully saturated rings. The molecule has 1 aliphatic rings. The number of hydrogen-bond acceptors (Lipinski definition) is 4. The van der Waals surface area contributed by atoms with E-state index < -0.39 is 10.0 Å². The number of hydrogen-bond donors (Lipinski definition) is 1. The molecule has 1 atom stereocenters. The standard InChI is InChI=1S/C14H20N2O4S/c1-11-10-20-9-8-16(11)14(17)7-4-12-2-5-13(6-3-12)21(15,18)19/h2-3,5-6,11H,4,7-10H2,1H3,(H2,15,18,19)/t11-/m0/s1. The third kappa shape index (κ3) is 4.26. The fourth-order valence-electron chi connectivity index (χ4n) is 2.34. The molecule has 1 aliphatic heterocycles. The second-order valence-electron chi connectivity index (χ2n) is 5.20. The van der Waals surface area contributed by atoms with Gasteiger partial charge < -0.3 is 9.64 Å². The van der Waals surface area contributed by atoms with E-state index in [4.69, 9.17) is 9.88 Å². The first-order chi connectivity index (χ1) is 9.88. The molecule has 21 heavy (non-hydrogen) atoms. The SMILES string of the molecule is C[C@H]1COCCN1C(=O)CCc1ccc(S(N)(=O)=O)cc1. The molecule has 0 aliphatic carbocycles. The van der Waals surface area contributed by atoms with Crippen LogP contribution in [0.1, 0.15) is 18.9 Å². The maximum absolute atomic E-state index is 12.2. The van der Waals surface area contributed by atoms with E-state index in [2.05, 4.69) is 0 Å². The Bertz CT molecular complexity index is 598. The summed E-state index contributed by atoms with van der Waals surface area (Å²) in [6.07, 6.45) is 0.979. The number of rotatable bonds is 4. The molecule has 1 aromatic rings. The second-order valence-corrected chi connectivity index (χ2v) is 6.76. The van der Waals surface area contributed by atoms with Crippen LogP contribution in [0.3, 0.4) is 0 Å². The highest BCUT2D eigenvalue weighted by molar-refractivity contribution is 7.89. The van der Waals surface area contributed by atoms with E-state index in [1.807, 2.05) is 11.8 Å². The van der Waals surface area contributed by atoms with Gasteiger partial charge in [-0.25, -0.2) is 13.6 Å². The molecule has 2 N–H and O–H groups in total. The lowest BCUT2D eigenvalue weighted by Crippen LogP contribution is -2.47. The number of amides is 1. The normalized spacial score (nSPS) is 19.5. The van der Waals surface area contributed by atoms with E-state index in [1.165, 1.54) is 12.1 Å². The summed E-state index contributed by atoms with van der Waals surface area (Å²) in [5, 5.41) is 5.04. The summed E-state index contributed by atoms with van der Waals surface area (Å²) in [4.78, 5) is 14.1. The Hall–Kier alpha value is -1.44. The number of nitrogens with two attached hydrogens (primary N) is 1. The zero-order valence-electron chi connectivity index (χ0n) is 12.0.